The summed E-state index contributed by atoms with van der Waals surface area (Å²) in [6.07, 6.45) is 6.84. The predicted molar refractivity (Wildman–Crippen MR) is 108 cm³/mol. The Hall–Kier alpha value is -2.37. The SMILES string of the molecule is O=C1[C@@H]2[C@H]3C=C[C@@H]([C@@H]4C[C@H]34)[C@@H]2C(=O)N1/N=C\c1ccc(-c2cccc(Cl)c2Cl)o1. The normalized spacial score (nSPS) is 34.2. The summed E-state index contributed by atoms with van der Waals surface area (Å²) >= 11 is 12.3. The summed E-state index contributed by atoms with van der Waals surface area (Å²) < 4.78 is 5.78. The Morgan fingerprint density at radius 3 is 2.38 bits per heavy atom. The van der Waals surface area contributed by atoms with Gasteiger partial charge < -0.3 is 4.42 Å². The summed E-state index contributed by atoms with van der Waals surface area (Å²) in [6, 6.07) is 8.77. The maximum atomic E-state index is 12.9. The Labute approximate surface area is 177 Å². The summed E-state index contributed by atoms with van der Waals surface area (Å²) in [5.41, 5.74) is 0.667. The van der Waals surface area contributed by atoms with Crippen molar-refractivity contribution in [2.45, 2.75) is 6.42 Å². The Balaban J connectivity index is 1.26. The first-order chi connectivity index (χ1) is 14.0. The molecule has 7 rings (SSSR count). The fraction of sp³-hybridized carbons (Fsp3) is 0.318. The molecule has 0 N–H and O–H groups in total. The largest absolute Gasteiger partial charge is 0.455 e. The third-order valence-corrected chi connectivity index (χ3v) is 7.60. The molecule has 3 fully saturated rings. The molecule has 1 saturated heterocycles. The van der Waals surface area contributed by atoms with Gasteiger partial charge in [0.2, 0.25) is 0 Å². The number of hydrogen-bond acceptors (Lipinski definition) is 4. The maximum absolute atomic E-state index is 12.9. The first kappa shape index (κ1) is 17.5. The fourth-order valence-electron chi connectivity index (χ4n) is 5.43. The molecule has 5 aliphatic rings. The van der Waals surface area contributed by atoms with Crippen LogP contribution in [0.15, 0.2) is 52.0 Å². The van der Waals surface area contributed by atoms with Gasteiger partial charge >= 0.3 is 0 Å². The van der Waals surface area contributed by atoms with Gasteiger partial charge in [0.15, 0.2) is 0 Å². The van der Waals surface area contributed by atoms with E-state index in [0.29, 0.717) is 39.0 Å². The van der Waals surface area contributed by atoms with Crippen molar-refractivity contribution in [2.75, 3.05) is 0 Å². The van der Waals surface area contributed by atoms with E-state index in [2.05, 4.69) is 17.3 Å². The van der Waals surface area contributed by atoms with E-state index < -0.39 is 0 Å². The molecule has 2 aromatic rings. The number of halogens is 2. The Morgan fingerprint density at radius 2 is 1.69 bits per heavy atom. The lowest BCUT2D eigenvalue weighted by Gasteiger charge is -2.37. The molecule has 146 valence electrons. The highest BCUT2D eigenvalue weighted by Gasteiger charge is 2.67. The first-order valence-electron chi connectivity index (χ1n) is 9.69. The molecule has 1 aliphatic heterocycles. The van der Waals surface area contributed by atoms with E-state index in [-0.39, 0.29) is 35.5 Å². The second-order valence-electron chi connectivity index (χ2n) is 8.19. The van der Waals surface area contributed by atoms with Gasteiger partial charge in [-0.05, 0) is 54.4 Å². The second kappa shape index (κ2) is 6.07. The molecule has 4 aliphatic carbocycles. The number of furan rings is 1. The van der Waals surface area contributed by atoms with Crippen LogP contribution in [0.2, 0.25) is 10.0 Å². The van der Waals surface area contributed by atoms with Crippen molar-refractivity contribution in [2.24, 2.45) is 40.6 Å². The molecule has 2 bridgehead atoms. The topological polar surface area (TPSA) is 62.9 Å². The Bertz CT molecular complexity index is 1090. The van der Waals surface area contributed by atoms with E-state index in [1.807, 2.05) is 0 Å². The number of nitrogens with zero attached hydrogens (tertiary/aromatic N) is 2. The molecule has 1 aromatic heterocycles. The monoisotopic (exact) mass is 426 g/mol. The van der Waals surface area contributed by atoms with Crippen LogP contribution in [0.3, 0.4) is 0 Å². The molecular formula is C22H16Cl2N2O3. The minimum absolute atomic E-state index is 0.187. The van der Waals surface area contributed by atoms with Crippen LogP contribution in [0, 0.1) is 35.5 Å². The van der Waals surface area contributed by atoms with Crippen LogP contribution in [0.25, 0.3) is 11.3 Å². The molecule has 29 heavy (non-hydrogen) atoms. The lowest BCUT2D eigenvalue weighted by Crippen LogP contribution is -2.40. The van der Waals surface area contributed by atoms with Gasteiger partial charge in [-0.3, -0.25) is 9.59 Å². The highest BCUT2D eigenvalue weighted by Crippen LogP contribution is 2.65. The number of carbonyl (C=O) groups is 2. The number of carbonyl (C=O) groups excluding carboxylic acids is 2. The predicted octanol–water partition coefficient (Wildman–Crippen LogP) is 4.64. The number of rotatable bonds is 3. The minimum atomic E-state index is -0.254. The van der Waals surface area contributed by atoms with Crippen molar-refractivity contribution in [1.82, 2.24) is 5.01 Å². The molecule has 0 unspecified atom stereocenters. The molecule has 2 amide bonds. The van der Waals surface area contributed by atoms with Gasteiger partial charge in [-0.2, -0.15) is 10.1 Å². The molecular weight excluding hydrogens is 411 g/mol. The number of imide groups is 1. The zero-order valence-electron chi connectivity index (χ0n) is 15.2. The molecule has 6 atom stereocenters. The lowest BCUT2D eigenvalue weighted by molar-refractivity contribution is -0.140. The highest BCUT2D eigenvalue weighted by molar-refractivity contribution is 6.43. The molecule has 5 nitrogen and oxygen atoms in total. The molecule has 2 saturated carbocycles. The minimum Gasteiger partial charge on any atom is -0.455 e. The first-order valence-corrected chi connectivity index (χ1v) is 10.4. The summed E-state index contributed by atoms with van der Waals surface area (Å²) in [5.74, 6) is 1.59. The van der Waals surface area contributed by atoms with Crippen LogP contribution in [0.5, 0.6) is 0 Å². The van der Waals surface area contributed by atoms with Crippen LogP contribution in [0.4, 0.5) is 0 Å². The van der Waals surface area contributed by atoms with Gasteiger partial charge in [-0.1, -0.05) is 41.4 Å². The van der Waals surface area contributed by atoms with E-state index in [9.17, 15) is 9.59 Å². The average molecular weight is 427 g/mol. The van der Waals surface area contributed by atoms with E-state index in [1.165, 1.54) is 6.21 Å². The van der Waals surface area contributed by atoms with Gasteiger partial charge in [0, 0.05) is 5.56 Å². The number of benzene rings is 1. The van der Waals surface area contributed by atoms with Crippen molar-refractivity contribution >= 4 is 41.2 Å². The van der Waals surface area contributed by atoms with Crippen molar-refractivity contribution in [3.8, 4) is 11.3 Å². The van der Waals surface area contributed by atoms with Crippen LogP contribution in [-0.2, 0) is 9.59 Å². The fourth-order valence-corrected chi connectivity index (χ4v) is 5.82. The van der Waals surface area contributed by atoms with Gasteiger partial charge in [0.1, 0.15) is 11.5 Å². The molecule has 1 aromatic carbocycles. The highest BCUT2D eigenvalue weighted by atomic mass is 35.5. The van der Waals surface area contributed by atoms with Gasteiger partial charge in [0.25, 0.3) is 11.8 Å². The van der Waals surface area contributed by atoms with E-state index in [0.717, 1.165) is 11.4 Å². The van der Waals surface area contributed by atoms with Crippen LogP contribution >= 0.6 is 23.2 Å². The van der Waals surface area contributed by atoms with Crippen LogP contribution in [-0.4, -0.2) is 23.0 Å². The van der Waals surface area contributed by atoms with Crippen LogP contribution < -0.4 is 0 Å². The molecule has 7 heteroatoms. The standard InChI is InChI=1S/C22H16Cl2N2O3/c23-16-3-1-2-13(20(16)24)17-7-4-10(29-17)9-25-26-21(27)18-11-5-6-12(15-8-14(11)15)19(18)22(26)28/h1-7,9,11-12,14-15,18-19H,8H2/b25-9-/t11-,12-,14-,15+,18-,19+/m0/s1. The van der Waals surface area contributed by atoms with E-state index >= 15 is 0 Å². The summed E-state index contributed by atoms with van der Waals surface area (Å²) in [5, 5.41) is 6.08. The Morgan fingerprint density at radius 1 is 1.00 bits per heavy atom. The van der Waals surface area contributed by atoms with Gasteiger partial charge in [-0.25, -0.2) is 0 Å². The van der Waals surface area contributed by atoms with Crippen LogP contribution in [0.1, 0.15) is 12.2 Å². The zero-order chi connectivity index (χ0) is 19.9. The van der Waals surface area contributed by atoms with Gasteiger partial charge in [-0.15, -0.1) is 0 Å². The Kier molecular flexibility index (Phi) is 3.66. The average Bonchev–Trinajstić information content (AvgIpc) is 3.36. The quantitative estimate of drug-likeness (QED) is 0.407. The van der Waals surface area contributed by atoms with Gasteiger partial charge in [0.05, 0.1) is 28.1 Å². The van der Waals surface area contributed by atoms with Crippen molar-refractivity contribution in [1.29, 1.82) is 0 Å². The van der Waals surface area contributed by atoms with E-state index in [1.54, 1.807) is 30.3 Å². The number of hydrogen-bond donors (Lipinski definition) is 0. The smallest absolute Gasteiger partial charge is 0.254 e. The summed E-state index contributed by atoms with van der Waals surface area (Å²) in [6.45, 7) is 0. The molecule has 0 spiro atoms. The summed E-state index contributed by atoms with van der Waals surface area (Å²) in [7, 11) is 0. The zero-order valence-corrected chi connectivity index (χ0v) is 16.7. The van der Waals surface area contributed by atoms with Crippen molar-refractivity contribution in [3.05, 3.63) is 58.3 Å². The molecule has 0 radical (unpaired) electrons. The number of amides is 2. The second-order valence-corrected chi connectivity index (χ2v) is 8.98. The van der Waals surface area contributed by atoms with E-state index in [4.69, 9.17) is 27.6 Å². The maximum Gasteiger partial charge on any atom is 0.254 e. The van der Waals surface area contributed by atoms with Crippen molar-refractivity contribution in [3.63, 3.8) is 0 Å². The number of allylic oxidation sites excluding steroid dienone is 2. The van der Waals surface area contributed by atoms with Crippen molar-refractivity contribution < 1.29 is 14.0 Å². The summed E-state index contributed by atoms with van der Waals surface area (Å²) in [4.78, 5) is 25.9. The molecule has 2 heterocycles. The number of hydrazone groups is 1. The third-order valence-electron chi connectivity index (χ3n) is 6.78. The third kappa shape index (κ3) is 2.44. The lowest BCUT2D eigenvalue weighted by atomic mass is 9.63.